The Kier molecular flexibility index (Phi) is 8.91. The molecule has 0 fully saturated rings. The Morgan fingerprint density at radius 2 is 1.90 bits per heavy atom. The van der Waals surface area contributed by atoms with Gasteiger partial charge in [-0.25, -0.2) is 4.79 Å². The van der Waals surface area contributed by atoms with Crippen molar-refractivity contribution >= 4 is 28.0 Å². The van der Waals surface area contributed by atoms with E-state index in [1.54, 1.807) is 12.1 Å². The van der Waals surface area contributed by atoms with Crippen LogP contribution in [0, 0.1) is 5.41 Å². The lowest BCUT2D eigenvalue weighted by Gasteiger charge is -2.42. The number of aromatic nitrogens is 1. The van der Waals surface area contributed by atoms with Crippen LogP contribution in [0.2, 0.25) is 0 Å². The molecule has 0 aromatic carbocycles. The third kappa shape index (κ3) is 7.38. The number of amides is 1. The van der Waals surface area contributed by atoms with Gasteiger partial charge in [-0.15, -0.1) is 0 Å². The number of carboxylic acid groups (broad SMARTS) is 1. The number of ether oxygens (including phenoxy) is 1. The monoisotopic (exact) mass is 444 g/mol. The van der Waals surface area contributed by atoms with Crippen molar-refractivity contribution in [3.63, 3.8) is 0 Å². The standard InChI is InChI=1S/C19H28N2O8S/c1-14(22)21-9-6-10-30(26,27)28-13-18(3,4)19(17(24)25,29-15(2)23)11-16-7-5-8-20-12-16/h5,7-8,12H,6,9-11,13H2,1-4H3,(H,21,22)(H,24,25)/t19-/m0/s1. The summed E-state index contributed by atoms with van der Waals surface area (Å²) in [6.45, 7) is 4.93. The van der Waals surface area contributed by atoms with Gasteiger partial charge in [-0.2, -0.15) is 8.42 Å². The zero-order chi connectivity index (χ0) is 23.0. The molecule has 168 valence electrons. The molecule has 0 aliphatic heterocycles. The summed E-state index contributed by atoms with van der Waals surface area (Å²) in [6.07, 6.45) is 2.86. The number of carbonyl (C=O) groups excluding carboxylic acids is 2. The summed E-state index contributed by atoms with van der Waals surface area (Å²) in [5.74, 6) is -2.90. The van der Waals surface area contributed by atoms with Gasteiger partial charge in [0.15, 0.2) is 0 Å². The van der Waals surface area contributed by atoms with Gasteiger partial charge in [0, 0.05) is 44.6 Å². The number of carboxylic acids is 1. The predicted molar refractivity (Wildman–Crippen MR) is 107 cm³/mol. The van der Waals surface area contributed by atoms with E-state index < -0.39 is 39.7 Å². The van der Waals surface area contributed by atoms with Crippen LogP contribution in [0.1, 0.15) is 39.7 Å². The molecule has 0 aliphatic rings. The van der Waals surface area contributed by atoms with Gasteiger partial charge in [0.05, 0.1) is 12.4 Å². The number of carbonyl (C=O) groups is 3. The molecule has 1 rings (SSSR count). The number of hydrogen-bond acceptors (Lipinski definition) is 8. The Balaban J connectivity index is 3.05. The molecular formula is C19H28N2O8S. The number of aliphatic carboxylic acids is 1. The van der Waals surface area contributed by atoms with Crippen molar-refractivity contribution in [2.24, 2.45) is 5.41 Å². The van der Waals surface area contributed by atoms with Gasteiger partial charge in [-0.1, -0.05) is 19.9 Å². The average molecular weight is 445 g/mol. The molecule has 1 atom stereocenters. The van der Waals surface area contributed by atoms with Crippen molar-refractivity contribution in [1.29, 1.82) is 0 Å². The highest BCUT2D eigenvalue weighted by Crippen LogP contribution is 2.38. The van der Waals surface area contributed by atoms with E-state index in [1.165, 1.54) is 33.2 Å². The molecule has 0 spiro atoms. The summed E-state index contributed by atoms with van der Waals surface area (Å²) in [7, 11) is -4.00. The maximum Gasteiger partial charge on any atom is 0.349 e. The fourth-order valence-electron chi connectivity index (χ4n) is 2.78. The highest BCUT2D eigenvalue weighted by Gasteiger charge is 2.55. The molecule has 0 saturated heterocycles. The number of rotatable bonds is 12. The van der Waals surface area contributed by atoms with Crippen molar-refractivity contribution in [3.05, 3.63) is 30.1 Å². The Morgan fingerprint density at radius 3 is 2.40 bits per heavy atom. The SMILES string of the molecule is CC(=O)NCCCS(=O)(=O)OCC(C)(C)[C@@](Cc1cccnc1)(OC(C)=O)C(=O)O. The number of hydrogen-bond donors (Lipinski definition) is 2. The fourth-order valence-corrected chi connectivity index (χ4v) is 3.87. The van der Waals surface area contributed by atoms with E-state index >= 15 is 0 Å². The molecule has 11 heteroatoms. The maximum absolute atomic E-state index is 12.3. The molecule has 0 aliphatic carbocycles. The van der Waals surface area contributed by atoms with Crippen LogP contribution in [-0.2, 0) is 39.8 Å². The molecule has 1 aromatic rings. The minimum Gasteiger partial charge on any atom is -0.478 e. The van der Waals surface area contributed by atoms with E-state index in [0.717, 1.165) is 6.92 Å². The average Bonchev–Trinajstić information content (AvgIpc) is 2.63. The molecule has 10 nitrogen and oxygen atoms in total. The maximum atomic E-state index is 12.3. The second kappa shape index (κ2) is 10.5. The van der Waals surface area contributed by atoms with E-state index in [1.807, 2.05) is 0 Å². The third-order valence-electron chi connectivity index (χ3n) is 4.48. The van der Waals surface area contributed by atoms with Gasteiger partial charge in [0.1, 0.15) is 0 Å². The molecule has 30 heavy (non-hydrogen) atoms. The largest absolute Gasteiger partial charge is 0.478 e. The number of esters is 1. The summed E-state index contributed by atoms with van der Waals surface area (Å²) in [5.41, 5.74) is -3.02. The van der Waals surface area contributed by atoms with Gasteiger partial charge >= 0.3 is 11.9 Å². The van der Waals surface area contributed by atoms with Crippen LogP contribution in [0.4, 0.5) is 0 Å². The predicted octanol–water partition coefficient (Wildman–Crippen LogP) is 0.909. The van der Waals surface area contributed by atoms with Crippen LogP contribution < -0.4 is 5.32 Å². The van der Waals surface area contributed by atoms with Gasteiger partial charge < -0.3 is 15.2 Å². The van der Waals surface area contributed by atoms with Gasteiger partial charge in [0.2, 0.25) is 11.5 Å². The van der Waals surface area contributed by atoms with Crippen molar-refractivity contribution in [2.75, 3.05) is 18.9 Å². The van der Waals surface area contributed by atoms with Crippen LogP contribution in [0.15, 0.2) is 24.5 Å². The molecule has 1 heterocycles. The van der Waals surface area contributed by atoms with Crippen LogP contribution in [-0.4, -0.2) is 60.9 Å². The van der Waals surface area contributed by atoms with E-state index in [4.69, 9.17) is 8.92 Å². The summed E-state index contributed by atoms with van der Waals surface area (Å²) in [5, 5.41) is 12.5. The molecule has 0 saturated carbocycles. The van der Waals surface area contributed by atoms with Gasteiger partial charge in [-0.05, 0) is 18.1 Å². The lowest BCUT2D eigenvalue weighted by atomic mass is 9.72. The van der Waals surface area contributed by atoms with Crippen LogP contribution in [0.25, 0.3) is 0 Å². The zero-order valence-corrected chi connectivity index (χ0v) is 18.3. The third-order valence-corrected chi connectivity index (χ3v) is 5.74. The van der Waals surface area contributed by atoms with E-state index in [2.05, 4.69) is 10.3 Å². The van der Waals surface area contributed by atoms with Crippen LogP contribution >= 0.6 is 0 Å². The first kappa shape index (κ1) is 25.5. The summed E-state index contributed by atoms with van der Waals surface area (Å²) >= 11 is 0. The van der Waals surface area contributed by atoms with E-state index in [9.17, 15) is 27.9 Å². The number of nitrogens with zero attached hydrogens (tertiary/aromatic N) is 1. The quantitative estimate of drug-likeness (QED) is 0.272. The summed E-state index contributed by atoms with van der Waals surface area (Å²) < 4.78 is 34.7. The van der Waals surface area contributed by atoms with Crippen molar-refractivity contribution < 1.29 is 36.8 Å². The minimum absolute atomic E-state index is 0.131. The molecule has 2 N–H and O–H groups in total. The first-order chi connectivity index (χ1) is 13.8. The fraction of sp³-hybridized carbons (Fsp3) is 0.579. The Hall–Kier alpha value is -2.53. The molecule has 0 unspecified atom stereocenters. The molecular weight excluding hydrogens is 416 g/mol. The van der Waals surface area contributed by atoms with Gasteiger partial charge in [0.25, 0.3) is 10.1 Å². The summed E-state index contributed by atoms with van der Waals surface area (Å²) in [6, 6.07) is 3.24. The van der Waals surface area contributed by atoms with E-state index in [-0.39, 0.29) is 31.0 Å². The lowest BCUT2D eigenvalue weighted by Crippen LogP contribution is -2.58. The molecule has 0 bridgehead atoms. The van der Waals surface area contributed by atoms with Crippen LogP contribution in [0.3, 0.4) is 0 Å². The lowest BCUT2D eigenvalue weighted by molar-refractivity contribution is -0.195. The second-order valence-corrected chi connectivity index (χ2v) is 9.27. The smallest absolute Gasteiger partial charge is 0.349 e. The Bertz CT molecular complexity index is 855. The Morgan fingerprint density at radius 1 is 1.23 bits per heavy atom. The minimum atomic E-state index is -4.00. The first-order valence-electron chi connectivity index (χ1n) is 9.25. The Labute approximate surface area is 176 Å². The highest BCUT2D eigenvalue weighted by molar-refractivity contribution is 7.86. The second-order valence-electron chi connectivity index (χ2n) is 7.51. The normalized spacial score (nSPS) is 13.9. The summed E-state index contributed by atoms with van der Waals surface area (Å²) in [4.78, 5) is 38.8. The first-order valence-corrected chi connectivity index (χ1v) is 10.8. The van der Waals surface area contributed by atoms with Crippen molar-refractivity contribution in [3.8, 4) is 0 Å². The van der Waals surface area contributed by atoms with Crippen molar-refractivity contribution in [1.82, 2.24) is 10.3 Å². The molecule has 1 amide bonds. The van der Waals surface area contributed by atoms with Crippen LogP contribution in [0.5, 0.6) is 0 Å². The number of nitrogens with one attached hydrogen (secondary N) is 1. The molecule has 1 aromatic heterocycles. The highest BCUT2D eigenvalue weighted by atomic mass is 32.2. The topological polar surface area (TPSA) is 149 Å². The number of pyridine rings is 1. The van der Waals surface area contributed by atoms with Gasteiger partial charge in [-0.3, -0.25) is 18.8 Å². The van der Waals surface area contributed by atoms with Crippen molar-refractivity contribution in [2.45, 2.75) is 46.1 Å². The zero-order valence-electron chi connectivity index (χ0n) is 17.5. The van der Waals surface area contributed by atoms with E-state index in [0.29, 0.717) is 5.56 Å². The molecule has 0 radical (unpaired) electrons.